The van der Waals surface area contributed by atoms with Gasteiger partial charge >= 0.3 is 12.1 Å². The second-order valence-electron chi connectivity index (χ2n) is 6.93. The van der Waals surface area contributed by atoms with E-state index in [2.05, 4.69) is 5.32 Å². The average Bonchev–Trinajstić information content (AvgIpc) is 2.63. The summed E-state index contributed by atoms with van der Waals surface area (Å²) in [6, 6.07) is 2.01. The van der Waals surface area contributed by atoms with E-state index < -0.39 is 41.5 Å². The van der Waals surface area contributed by atoms with E-state index in [4.69, 9.17) is 4.74 Å². The summed E-state index contributed by atoms with van der Waals surface area (Å²) in [5, 5.41) is 13.4. The molecule has 1 saturated heterocycles. The van der Waals surface area contributed by atoms with Gasteiger partial charge in [-0.05, 0) is 45.2 Å². The first kappa shape index (κ1) is 22.4. The number of nitro benzene ring substituents is 1. The molecule has 1 aliphatic rings. The summed E-state index contributed by atoms with van der Waals surface area (Å²) in [7, 11) is 0. The van der Waals surface area contributed by atoms with Crippen LogP contribution in [0.2, 0.25) is 0 Å². The lowest BCUT2D eigenvalue weighted by Crippen LogP contribution is -2.49. The van der Waals surface area contributed by atoms with Gasteiger partial charge < -0.3 is 15.0 Å². The molecule has 1 fully saturated rings. The summed E-state index contributed by atoms with van der Waals surface area (Å²) in [5.74, 6) is -1.19. The number of nitro groups is 1. The third-order valence-corrected chi connectivity index (χ3v) is 4.78. The molecule has 0 bridgehead atoms. The molecule has 8 nitrogen and oxygen atoms in total. The highest BCUT2D eigenvalue weighted by atomic mass is 19.4. The van der Waals surface area contributed by atoms with Crippen LogP contribution in [0, 0.1) is 10.1 Å². The fraction of sp³-hybridized carbons (Fsp3) is 0.556. The summed E-state index contributed by atoms with van der Waals surface area (Å²) < 4.78 is 43.0. The van der Waals surface area contributed by atoms with Crippen LogP contribution in [-0.2, 0) is 20.5 Å². The van der Waals surface area contributed by atoms with Gasteiger partial charge in [-0.1, -0.05) is 0 Å². The van der Waals surface area contributed by atoms with E-state index in [9.17, 15) is 32.9 Å². The monoisotopic (exact) mass is 417 g/mol. The quantitative estimate of drug-likeness (QED) is 0.433. The van der Waals surface area contributed by atoms with Crippen molar-refractivity contribution in [1.29, 1.82) is 0 Å². The first-order valence-electron chi connectivity index (χ1n) is 9.07. The molecule has 1 aromatic carbocycles. The lowest BCUT2D eigenvalue weighted by atomic mass is 9.97. The molecule has 2 atom stereocenters. The number of likely N-dealkylation sites (tertiary alicyclic amines) is 1. The molecule has 0 unspecified atom stereocenters. The van der Waals surface area contributed by atoms with Crippen LogP contribution in [-0.4, -0.2) is 46.9 Å². The molecule has 160 valence electrons. The van der Waals surface area contributed by atoms with Crippen molar-refractivity contribution < 1.29 is 32.4 Å². The van der Waals surface area contributed by atoms with Gasteiger partial charge in [-0.15, -0.1) is 0 Å². The Bertz CT molecular complexity index is 774. The second-order valence-corrected chi connectivity index (χ2v) is 6.93. The Kier molecular flexibility index (Phi) is 7.04. The van der Waals surface area contributed by atoms with Crippen LogP contribution < -0.4 is 5.32 Å². The Hall–Kier alpha value is -2.85. The second kappa shape index (κ2) is 9.10. The number of carbonyl (C=O) groups is 2. The highest BCUT2D eigenvalue weighted by Crippen LogP contribution is 2.34. The minimum absolute atomic E-state index is 0.0397. The molecule has 0 aliphatic carbocycles. The number of hydrogen-bond acceptors (Lipinski definition) is 6. The van der Waals surface area contributed by atoms with Crippen LogP contribution in [0.3, 0.4) is 0 Å². The molecular weight excluding hydrogens is 395 g/mol. The minimum atomic E-state index is -4.73. The molecule has 1 N–H and O–H groups in total. The molecule has 29 heavy (non-hydrogen) atoms. The smallest absolute Gasteiger partial charge is 0.416 e. The van der Waals surface area contributed by atoms with Gasteiger partial charge in [0, 0.05) is 18.2 Å². The van der Waals surface area contributed by atoms with E-state index in [1.54, 1.807) is 4.90 Å². The predicted octanol–water partition coefficient (Wildman–Crippen LogP) is 3.36. The van der Waals surface area contributed by atoms with Crippen LogP contribution >= 0.6 is 0 Å². The van der Waals surface area contributed by atoms with Crippen molar-refractivity contribution >= 4 is 23.3 Å². The van der Waals surface area contributed by atoms with Crippen LogP contribution in [0.4, 0.5) is 24.5 Å². The normalized spacial score (nSPS) is 19.6. The number of halogens is 3. The highest BCUT2D eigenvalue weighted by Gasteiger charge is 2.33. The van der Waals surface area contributed by atoms with E-state index in [1.165, 1.54) is 0 Å². The standard InChI is InChI=1S/C18H22F3N3O5/c1-11-4-3-5-12(2)23(11)16(25)10-29-17(26)9-22-14-7-6-13(18(19,20)21)8-15(14)24(27)28/h6-8,11-12,22H,3-5,9-10H2,1-2H3/t11-,12-/m1/s1. The van der Waals surface area contributed by atoms with Gasteiger partial charge in [-0.25, -0.2) is 0 Å². The van der Waals surface area contributed by atoms with Crippen molar-refractivity contribution in [3.63, 3.8) is 0 Å². The molecule has 11 heteroatoms. The van der Waals surface area contributed by atoms with Crippen LogP contribution in [0.1, 0.15) is 38.7 Å². The molecule has 0 aromatic heterocycles. The molecule has 0 spiro atoms. The Morgan fingerprint density at radius 1 is 1.28 bits per heavy atom. The number of amides is 1. The van der Waals surface area contributed by atoms with Crippen LogP contribution in [0.5, 0.6) is 0 Å². The predicted molar refractivity (Wildman–Crippen MR) is 97.2 cm³/mol. The number of ether oxygens (including phenoxy) is 1. The summed E-state index contributed by atoms with van der Waals surface area (Å²) >= 11 is 0. The van der Waals surface area contributed by atoms with E-state index >= 15 is 0 Å². The number of hydrogen-bond donors (Lipinski definition) is 1. The Labute approximate surface area is 165 Å². The number of alkyl halides is 3. The van der Waals surface area contributed by atoms with E-state index in [0.717, 1.165) is 25.3 Å². The van der Waals surface area contributed by atoms with Crippen LogP contribution in [0.15, 0.2) is 18.2 Å². The molecule has 0 saturated carbocycles. The van der Waals surface area contributed by atoms with Crippen LogP contribution in [0.25, 0.3) is 0 Å². The van der Waals surface area contributed by atoms with Gasteiger partial charge in [-0.2, -0.15) is 13.2 Å². The average molecular weight is 417 g/mol. The first-order chi connectivity index (χ1) is 13.5. The third-order valence-electron chi connectivity index (χ3n) is 4.78. The lowest BCUT2D eigenvalue weighted by molar-refractivity contribution is -0.384. The molecule has 1 heterocycles. The van der Waals surface area contributed by atoms with Gasteiger partial charge in [0.1, 0.15) is 12.2 Å². The first-order valence-corrected chi connectivity index (χ1v) is 9.07. The third kappa shape index (κ3) is 5.81. The number of anilines is 1. The fourth-order valence-corrected chi connectivity index (χ4v) is 3.36. The number of esters is 1. The van der Waals surface area contributed by atoms with Crippen molar-refractivity contribution in [1.82, 2.24) is 4.90 Å². The van der Waals surface area contributed by atoms with Gasteiger partial charge in [0.05, 0.1) is 10.5 Å². The Balaban J connectivity index is 1.93. The molecule has 2 rings (SSSR count). The van der Waals surface area contributed by atoms with Gasteiger partial charge in [0.25, 0.3) is 11.6 Å². The largest absolute Gasteiger partial charge is 0.454 e. The summed E-state index contributed by atoms with van der Waals surface area (Å²) in [4.78, 5) is 35.9. The van der Waals surface area contributed by atoms with Crippen molar-refractivity contribution in [3.05, 3.63) is 33.9 Å². The summed E-state index contributed by atoms with van der Waals surface area (Å²) in [5.41, 5.74) is -2.25. The minimum Gasteiger partial charge on any atom is -0.454 e. The maximum atomic E-state index is 12.7. The van der Waals surface area contributed by atoms with E-state index in [0.29, 0.717) is 12.1 Å². The van der Waals surface area contributed by atoms with Gasteiger partial charge in [0.2, 0.25) is 0 Å². The number of benzene rings is 1. The van der Waals surface area contributed by atoms with Crippen molar-refractivity contribution in [2.24, 2.45) is 0 Å². The molecule has 1 aliphatic heterocycles. The zero-order valence-electron chi connectivity index (χ0n) is 16.0. The maximum absolute atomic E-state index is 12.7. The SMILES string of the molecule is C[C@@H]1CCC[C@@H](C)N1C(=O)COC(=O)CNc1ccc(C(F)(F)F)cc1[N+](=O)[O-]. The van der Waals surface area contributed by atoms with Gasteiger partial charge in [-0.3, -0.25) is 19.7 Å². The number of carbonyl (C=O) groups excluding carboxylic acids is 2. The number of nitrogens with zero attached hydrogens (tertiary/aromatic N) is 2. The topological polar surface area (TPSA) is 102 Å². The molecule has 0 radical (unpaired) electrons. The Morgan fingerprint density at radius 2 is 1.90 bits per heavy atom. The fourth-order valence-electron chi connectivity index (χ4n) is 3.36. The van der Waals surface area contributed by atoms with Crippen molar-refractivity contribution in [2.45, 2.75) is 51.4 Å². The van der Waals surface area contributed by atoms with Crippen molar-refractivity contribution in [3.8, 4) is 0 Å². The van der Waals surface area contributed by atoms with Crippen molar-refractivity contribution in [2.75, 3.05) is 18.5 Å². The highest BCUT2D eigenvalue weighted by molar-refractivity contribution is 5.83. The lowest BCUT2D eigenvalue weighted by Gasteiger charge is -2.38. The number of rotatable bonds is 6. The summed E-state index contributed by atoms with van der Waals surface area (Å²) in [6.07, 6.45) is -1.99. The zero-order valence-corrected chi connectivity index (χ0v) is 16.0. The number of nitrogens with one attached hydrogen (secondary N) is 1. The number of piperidine rings is 1. The van der Waals surface area contributed by atoms with Gasteiger partial charge in [0.15, 0.2) is 6.61 Å². The van der Waals surface area contributed by atoms with E-state index in [1.807, 2.05) is 13.8 Å². The summed E-state index contributed by atoms with van der Waals surface area (Å²) in [6.45, 7) is 2.83. The Morgan fingerprint density at radius 3 is 2.45 bits per heavy atom. The van der Waals surface area contributed by atoms with E-state index in [-0.39, 0.29) is 23.7 Å². The molecular formula is C18H22F3N3O5. The zero-order chi connectivity index (χ0) is 21.8. The molecule has 1 amide bonds. The maximum Gasteiger partial charge on any atom is 0.416 e. The molecule has 1 aromatic rings.